The number of aromatic nitrogens is 2. The molecule has 238 valence electrons. The van der Waals surface area contributed by atoms with Crippen molar-refractivity contribution in [2.24, 2.45) is 0 Å². The number of imidazole rings is 1. The highest BCUT2D eigenvalue weighted by Gasteiger charge is 2.27. The molecule has 0 aliphatic heterocycles. The summed E-state index contributed by atoms with van der Waals surface area (Å²) < 4.78 is 12.4. The molecule has 0 unspecified atom stereocenters. The van der Waals surface area contributed by atoms with Crippen molar-refractivity contribution in [1.82, 2.24) is 19.4 Å². The van der Waals surface area contributed by atoms with E-state index in [1.165, 1.54) is 0 Å². The van der Waals surface area contributed by atoms with E-state index < -0.39 is 48.1 Å². The third kappa shape index (κ3) is 14.7. The summed E-state index contributed by atoms with van der Waals surface area (Å²) in [5.41, 5.74) is -0.549. The first-order valence-corrected chi connectivity index (χ1v) is 14.4. The second-order valence-corrected chi connectivity index (χ2v) is 12.5. The topological polar surface area (TPSA) is 151 Å². The number of carbonyl (C=O) groups is 4. The van der Waals surface area contributed by atoms with Crippen LogP contribution >= 0.6 is 0 Å². The fraction of sp³-hybridized carbons (Fsp3) is 0.581. The van der Waals surface area contributed by atoms with E-state index in [0.717, 1.165) is 23.3 Å². The summed E-state index contributed by atoms with van der Waals surface area (Å²) in [6.07, 6.45) is 5.46. The Morgan fingerprint density at radius 1 is 0.860 bits per heavy atom. The molecule has 0 saturated heterocycles. The average Bonchev–Trinajstić information content (AvgIpc) is 3.28. The maximum atomic E-state index is 13.4. The van der Waals surface area contributed by atoms with Gasteiger partial charge in [-0.3, -0.25) is 24.1 Å². The molecule has 0 spiro atoms. The summed E-state index contributed by atoms with van der Waals surface area (Å²) in [6, 6.07) is 6.88. The maximum absolute atomic E-state index is 13.4. The number of carboxylic acid groups (broad SMARTS) is 1. The van der Waals surface area contributed by atoms with E-state index in [1.54, 1.807) is 70.6 Å². The number of hydrogen-bond acceptors (Lipinski definition) is 9. The van der Waals surface area contributed by atoms with Gasteiger partial charge in [-0.1, -0.05) is 18.6 Å². The maximum Gasteiger partial charge on any atom is 0.326 e. The summed E-state index contributed by atoms with van der Waals surface area (Å²) >= 11 is 0. The Kier molecular flexibility index (Phi) is 13.2. The van der Waals surface area contributed by atoms with Crippen LogP contribution in [0.5, 0.6) is 5.75 Å². The fourth-order valence-electron chi connectivity index (χ4n) is 4.23. The lowest BCUT2D eigenvalue weighted by molar-refractivity contribution is -0.164. The zero-order chi connectivity index (χ0) is 32.2. The highest BCUT2D eigenvalue weighted by Crippen LogP contribution is 2.16. The molecule has 1 amide bonds. The molecule has 2 rings (SSSR count). The van der Waals surface area contributed by atoms with E-state index in [9.17, 15) is 24.3 Å². The number of aromatic hydroxyl groups is 1. The summed E-state index contributed by atoms with van der Waals surface area (Å²) in [5, 5.41) is 18.6. The molecular weight excluding hydrogens is 556 g/mol. The minimum absolute atomic E-state index is 0.119. The van der Waals surface area contributed by atoms with Gasteiger partial charge < -0.3 is 29.2 Å². The molecule has 0 atom stereocenters. The first kappa shape index (κ1) is 35.3. The van der Waals surface area contributed by atoms with E-state index in [4.69, 9.17) is 14.6 Å². The Bertz CT molecular complexity index is 1180. The molecule has 12 nitrogen and oxygen atoms in total. The number of unbranched alkanes of at least 4 members (excludes halogenated alkanes) is 2. The number of carbonyl (C=O) groups excluding carboxylic acids is 3. The Morgan fingerprint density at radius 2 is 1.44 bits per heavy atom. The molecule has 12 heteroatoms. The molecule has 0 radical (unpaired) electrons. The molecule has 2 aromatic rings. The fourth-order valence-corrected chi connectivity index (χ4v) is 4.23. The highest BCUT2D eigenvalue weighted by molar-refractivity contribution is 5.86. The van der Waals surface area contributed by atoms with Crippen LogP contribution in [0.4, 0.5) is 0 Å². The van der Waals surface area contributed by atoms with Crippen molar-refractivity contribution in [3.8, 4) is 5.75 Å². The predicted molar refractivity (Wildman–Crippen MR) is 159 cm³/mol. The number of ether oxygens (including phenoxy) is 2. The zero-order valence-corrected chi connectivity index (χ0v) is 26.2. The smallest absolute Gasteiger partial charge is 0.326 e. The van der Waals surface area contributed by atoms with Crippen LogP contribution in [0.15, 0.2) is 36.7 Å². The van der Waals surface area contributed by atoms with Crippen LogP contribution in [0, 0.1) is 0 Å². The van der Waals surface area contributed by atoms with Crippen LogP contribution in [0.3, 0.4) is 0 Å². The van der Waals surface area contributed by atoms with Crippen LogP contribution in [-0.4, -0.2) is 84.2 Å². The molecule has 0 aliphatic rings. The van der Waals surface area contributed by atoms with Gasteiger partial charge in [-0.2, -0.15) is 0 Å². The number of rotatable bonds is 16. The number of phenols is 1. The van der Waals surface area contributed by atoms with E-state index in [0.29, 0.717) is 31.9 Å². The van der Waals surface area contributed by atoms with Gasteiger partial charge in [0.25, 0.3) is 0 Å². The van der Waals surface area contributed by atoms with Gasteiger partial charge in [0.2, 0.25) is 5.91 Å². The lowest BCUT2D eigenvalue weighted by atomic mass is 10.1. The van der Waals surface area contributed by atoms with Crippen molar-refractivity contribution in [3.05, 3.63) is 48.0 Å². The van der Waals surface area contributed by atoms with Gasteiger partial charge in [-0.05, 0) is 78.6 Å². The Hall–Kier alpha value is -3.93. The zero-order valence-electron chi connectivity index (χ0n) is 26.2. The third-order valence-corrected chi connectivity index (χ3v) is 6.01. The normalized spacial score (nSPS) is 11.8. The van der Waals surface area contributed by atoms with Crippen molar-refractivity contribution in [3.63, 3.8) is 0 Å². The number of carboxylic acids is 1. The van der Waals surface area contributed by atoms with Gasteiger partial charge in [0.15, 0.2) is 0 Å². The molecule has 1 aromatic carbocycles. The molecule has 0 bridgehead atoms. The highest BCUT2D eigenvalue weighted by atomic mass is 16.6. The van der Waals surface area contributed by atoms with Crippen molar-refractivity contribution >= 4 is 23.8 Å². The molecule has 0 saturated carbocycles. The first-order valence-electron chi connectivity index (χ1n) is 14.4. The van der Waals surface area contributed by atoms with Crippen LogP contribution < -0.4 is 0 Å². The number of phenolic OH excluding ortho intramolecular Hbond substituents is 1. The molecule has 1 aromatic heterocycles. The van der Waals surface area contributed by atoms with E-state index in [2.05, 4.69) is 9.88 Å². The quantitative estimate of drug-likeness (QED) is 0.215. The van der Waals surface area contributed by atoms with Crippen LogP contribution in [0.25, 0.3) is 0 Å². The molecule has 0 fully saturated rings. The summed E-state index contributed by atoms with van der Waals surface area (Å²) in [6.45, 7) is 10.9. The van der Waals surface area contributed by atoms with Crippen LogP contribution in [-0.2, 0) is 48.3 Å². The standard InChI is InChI=1S/C31H46N4O8/c1-30(2,3)42-28(40)21-35(22-29(41)43-31(4,5)6)26(37)20-34-17-15-32-25(34)19-33(16-9-7-8-10-27(38)39)18-23-11-13-24(36)14-12-23/h11-15,17,36H,7-10,16,18-22H2,1-6H3,(H,38,39). The number of amides is 1. The van der Waals surface area contributed by atoms with Crippen molar-refractivity contribution in [2.75, 3.05) is 19.6 Å². The molecular formula is C31H46N4O8. The van der Waals surface area contributed by atoms with E-state index >= 15 is 0 Å². The van der Waals surface area contributed by atoms with Crippen LogP contribution in [0.1, 0.15) is 78.6 Å². The van der Waals surface area contributed by atoms with Crippen LogP contribution in [0.2, 0.25) is 0 Å². The molecule has 0 aliphatic carbocycles. The Labute approximate surface area is 253 Å². The summed E-state index contributed by atoms with van der Waals surface area (Å²) in [4.78, 5) is 57.2. The summed E-state index contributed by atoms with van der Waals surface area (Å²) in [7, 11) is 0. The van der Waals surface area contributed by atoms with Crippen molar-refractivity contribution in [2.45, 2.75) is 98.1 Å². The Morgan fingerprint density at radius 3 is 1.98 bits per heavy atom. The number of aliphatic carboxylic acids is 1. The number of hydrogen-bond donors (Lipinski definition) is 2. The minimum atomic E-state index is -0.819. The molecule has 1 heterocycles. The lowest BCUT2D eigenvalue weighted by Crippen LogP contribution is -2.44. The van der Waals surface area contributed by atoms with Gasteiger partial charge in [-0.15, -0.1) is 0 Å². The SMILES string of the molecule is CC(C)(C)OC(=O)CN(CC(=O)OC(C)(C)C)C(=O)Cn1ccnc1CN(CCCCCC(=O)O)Cc1ccc(O)cc1. The number of nitrogens with zero attached hydrogens (tertiary/aromatic N) is 4. The lowest BCUT2D eigenvalue weighted by Gasteiger charge is -2.27. The third-order valence-electron chi connectivity index (χ3n) is 6.01. The Balaban J connectivity index is 2.18. The van der Waals surface area contributed by atoms with Crippen molar-refractivity contribution in [1.29, 1.82) is 0 Å². The molecule has 2 N–H and O–H groups in total. The monoisotopic (exact) mass is 602 g/mol. The minimum Gasteiger partial charge on any atom is -0.508 e. The molecule has 43 heavy (non-hydrogen) atoms. The van der Waals surface area contributed by atoms with Gasteiger partial charge >= 0.3 is 17.9 Å². The van der Waals surface area contributed by atoms with Crippen molar-refractivity contribution < 1.29 is 38.9 Å². The second-order valence-electron chi connectivity index (χ2n) is 12.5. The number of esters is 2. The average molecular weight is 603 g/mol. The van der Waals surface area contributed by atoms with Gasteiger partial charge in [0.1, 0.15) is 42.4 Å². The second kappa shape index (κ2) is 16.1. The van der Waals surface area contributed by atoms with Gasteiger partial charge in [0.05, 0.1) is 6.54 Å². The van der Waals surface area contributed by atoms with Gasteiger partial charge in [0, 0.05) is 25.4 Å². The van der Waals surface area contributed by atoms with E-state index in [-0.39, 0.29) is 18.7 Å². The first-order chi connectivity index (χ1) is 20.0. The van der Waals surface area contributed by atoms with Gasteiger partial charge in [-0.25, -0.2) is 4.98 Å². The largest absolute Gasteiger partial charge is 0.508 e. The number of benzene rings is 1. The predicted octanol–water partition coefficient (Wildman–Crippen LogP) is 3.75. The summed E-state index contributed by atoms with van der Waals surface area (Å²) in [5.74, 6) is -1.81. The van der Waals surface area contributed by atoms with E-state index in [1.807, 2.05) is 12.1 Å².